The van der Waals surface area contributed by atoms with Crippen LogP contribution in [0.1, 0.15) is 16.8 Å². The third kappa shape index (κ3) is 3.55. The number of benzene rings is 1. The Morgan fingerprint density at radius 1 is 1.33 bits per heavy atom. The summed E-state index contributed by atoms with van der Waals surface area (Å²) in [6.07, 6.45) is 1.30. The Kier molecular flexibility index (Phi) is 4.73. The molecular formula is C14H20N2O2. The zero-order valence-corrected chi connectivity index (χ0v) is 10.7. The molecule has 2 N–H and O–H groups in total. The van der Waals surface area contributed by atoms with Gasteiger partial charge >= 0.3 is 0 Å². The Hall–Kier alpha value is -1.39. The van der Waals surface area contributed by atoms with E-state index in [9.17, 15) is 4.79 Å². The molecule has 4 heteroatoms. The lowest BCUT2D eigenvalue weighted by Crippen LogP contribution is -2.30. The molecule has 4 nitrogen and oxygen atoms in total. The molecule has 18 heavy (non-hydrogen) atoms. The Bertz CT molecular complexity index is 381. The quantitative estimate of drug-likeness (QED) is 0.818. The fourth-order valence-corrected chi connectivity index (χ4v) is 2.22. The van der Waals surface area contributed by atoms with Gasteiger partial charge in [-0.25, -0.2) is 0 Å². The number of nitrogens with one attached hydrogen (secondary N) is 2. The van der Waals surface area contributed by atoms with Crippen molar-refractivity contribution >= 4 is 5.91 Å². The van der Waals surface area contributed by atoms with E-state index in [1.807, 2.05) is 37.4 Å². The number of carbonyl (C=O) groups excluding carboxylic acids is 1. The molecule has 1 fully saturated rings. The van der Waals surface area contributed by atoms with Gasteiger partial charge in [-0.1, -0.05) is 18.2 Å². The highest BCUT2D eigenvalue weighted by molar-refractivity contribution is 5.94. The minimum absolute atomic E-state index is 0.00679. The lowest BCUT2D eigenvalue weighted by atomic mass is 10.1. The fourth-order valence-electron chi connectivity index (χ4n) is 2.22. The molecule has 0 spiro atoms. The van der Waals surface area contributed by atoms with Gasteiger partial charge in [0.25, 0.3) is 5.91 Å². The molecule has 1 amide bonds. The zero-order chi connectivity index (χ0) is 12.8. The summed E-state index contributed by atoms with van der Waals surface area (Å²) in [6, 6.07) is 9.30. The highest BCUT2D eigenvalue weighted by Gasteiger charge is 2.25. The van der Waals surface area contributed by atoms with Crippen LogP contribution < -0.4 is 10.6 Å². The SMILES string of the molecule is CNC[C@@H]1C[C@H](CNC(=O)c2ccccc2)CO1. The summed E-state index contributed by atoms with van der Waals surface area (Å²) in [5, 5.41) is 6.07. The molecule has 0 aromatic heterocycles. The molecule has 0 unspecified atom stereocenters. The van der Waals surface area contributed by atoms with Crippen molar-refractivity contribution in [2.45, 2.75) is 12.5 Å². The van der Waals surface area contributed by atoms with Gasteiger partial charge in [-0.05, 0) is 25.6 Å². The van der Waals surface area contributed by atoms with Gasteiger partial charge in [0.15, 0.2) is 0 Å². The van der Waals surface area contributed by atoms with Gasteiger partial charge in [0.2, 0.25) is 0 Å². The highest BCUT2D eigenvalue weighted by Crippen LogP contribution is 2.18. The predicted molar refractivity (Wildman–Crippen MR) is 70.5 cm³/mol. The van der Waals surface area contributed by atoms with Gasteiger partial charge < -0.3 is 15.4 Å². The standard InChI is InChI=1S/C14H20N2O2/c1-15-9-13-7-11(10-18-13)8-16-14(17)12-5-3-2-4-6-12/h2-6,11,13,15H,7-10H2,1H3,(H,16,17)/t11-,13+/m1/s1. The van der Waals surface area contributed by atoms with Crippen molar-refractivity contribution in [3.8, 4) is 0 Å². The first-order valence-corrected chi connectivity index (χ1v) is 6.39. The molecule has 1 aromatic carbocycles. The van der Waals surface area contributed by atoms with Crippen LogP contribution in [-0.2, 0) is 4.74 Å². The number of hydrogen-bond donors (Lipinski definition) is 2. The van der Waals surface area contributed by atoms with E-state index in [2.05, 4.69) is 10.6 Å². The highest BCUT2D eigenvalue weighted by atomic mass is 16.5. The number of ether oxygens (including phenoxy) is 1. The van der Waals surface area contributed by atoms with Gasteiger partial charge in [0.05, 0.1) is 12.7 Å². The summed E-state index contributed by atoms with van der Waals surface area (Å²) < 4.78 is 5.63. The van der Waals surface area contributed by atoms with Crippen LogP contribution in [0.25, 0.3) is 0 Å². The largest absolute Gasteiger partial charge is 0.377 e. The number of likely N-dealkylation sites (N-methyl/N-ethyl adjacent to an activating group) is 1. The second-order valence-electron chi connectivity index (χ2n) is 4.69. The summed E-state index contributed by atoms with van der Waals surface area (Å²) >= 11 is 0. The summed E-state index contributed by atoms with van der Waals surface area (Å²) in [5.41, 5.74) is 0.711. The van der Waals surface area contributed by atoms with Crippen LogP contribution in [0.15, 0.2) is 30.3 Å². The molecule has 0 saturated carbocycles. The van der Waals surface area contributed by atoms with Crippen LogP contribution in [0.5, 0.6) is 0 Å². The lowest BCUT2D eigenvalue weighted by molar-refractivity contribution is 0.0937. The Balaban J connectivity index is 1.74. The molecule has 2 atom stereocenters. The number of rotatable bonds is 5. The molecule has 1 aromatic rings. The first-order chi connectivity index (χ1) is 8.79. The molecule has 1 aliphatic rings. The molecule has 98 valence electrons. The van der Waals surface area contributed by atoms with E-state index in [4.69, 9.17) is 4.74 Å². The first kappa shape index (κ1) is 13.1. The third-order valence-electron chi connectivity index (χ3n) is 3.18. The minimum Gasteiger partial charge on any atom is -0.377 e. The van der Waals surface area contributed by atoms with Crippen LogP contribution in [0.4, 0.5) is 0 Å². The fraction of sp³-hybridized carbons (Fsp3) is 0.500. The normalized spacial score (nSPS) is 22.9. The maximum Gasteiger partial charge on any atom is 0.251 e. The molecule has 0 radical (unpaired) electrons. The topological polar surface area (TPSA) is 50.4 Å². The van der Waals surface area contributed by atoms with Crippen LogP contribution >= 0.6 is 0 Å². The molecule has 1 aliphatic heterocycles. The number of amides is 1. The van der Waals surface area contributed by atoms with Gasteiger partial charge in [-0.3, -0.25) is 4.79 Å². The third-order valence-corrected chi connectivity index (χ3v) is 3.18. The average Bonchev–Trinajstić information content (AvgIpc) is 2.85. The molecule has 1 saturated heterocycles. The summed E-state index contributed by atoms with van der Waals surface area (Å²) in [4.78, 5) is 11.8. The Morgan fingerprint density at radius 2 is 2.11 bits per heavy atom. The van der Waals surface area contributed by atoms with Crippen molar-refractivity contribution in [1.29, 1.82) is 0 Å². The van der Waals surface area contributed by atoms with Crippen LogP contribution in [0.3, 0.4) is 0 Å². The monoisotopic (exact) mass is 248 g/mol. The van der Waals surface area contributed by atoms with Crippen LogP contribution in [-0.4, -0.2) is 38.8 Å². The first-order valence-electron chi connectivity index (χ1n) is 6.39. The van der Waals surface area contributed by atoms with Crippen molar-refractivity contribution < 1.29 is 9.53 Å². The Morgan fingerprint density at radius 3 is 2.83 bits per heavy atom. The van der Waals surface area contributed by atoms with Crippen LogP contribution in [0.2, 0.25) is 0 Å². The minimum atomic E-state index is -0.00679. The smallest absolute Gasteiger partial charge is 0.251 e. The second-order valence-corrected chi connectivity index (χ2v) is 4.69. The van der Waals surface area contributed by atoms with E-state index in [1.165, 1.54) is 0 Å². The maximum absolute atomic E-state index is 11.8. The van der Waals surface area contributed by atoms with Crippen molar-refractivity contribution in [3.05, 3.63) is 35.9 Å². The molecule has 0 aliphatic carbocycles. The van der Waals surface area contributed by atoms with E-state index in [0.717, 1.165) is 19.6 Å². The Labute approximate surface area is 108 Å². The van der Waals surface area contributed by atoms with E-state index < -0.39 is 0 Å². The summed E-state index contributed by atoms with van der Waals surface area (Å²) in [6.45, 7) is 2.30. The number of hydrogen-bond acceptors (Lipinski definition) is 3. The van der Waals surface area contributed by atoms with E-state index in [0.29, 0.717) is 18.0 Å². The van der Waals surface area contributed by atoms with Crippen molar-refractivity contribution in [2.24, 2.45) is 5.92 Å². The average molecular weight is 248 g/mol. The van der Waals surface area contributed by atoms with Crippen molar-refractivity contribution in [3.63, 3.8) is 0 Å². The molecule has 2 rings (SSSR count). The molecular weight excluding hydrogens is 228 g/mol. The second kappa shape index (κ2) is 6.52. The predicted octanol–water partition coefficient (Wildman–Crippen LogP) is 1.04. The molecule has 0 bridgehead atoms. The zero-order valence-electron chi connectivity index (χ0n) is 10.7. The van der Waals surface area contributed by atoms with E-state index >= 15 is 0 Å². The van der Waals surface area contributed by atoms with E-state index in [-0.39, 0.29) is 12.0 Å². The number of carbonyl (C=O) groups is 1. The summed E-state index contributed by atoms with van der Waals surface area (Å²) in [5.74, 6) is 0.420. The summed E-state index contributed by atoms with van der Waals surface area (Å²) in [7, 11) is 1.92. The van der Waals surface area contributed by atoms with Gasteiger partial charge in [0.1, 0.15) is 0 Å². The van der Waals surface area contributed by atoms with Gasteiger partial charge in [-0.2, -0.15) is 0 Å². The van der Waals surface area contributed by atoms with Gasteiger partial charge in [0, 0.05) is 24.6 Å². The molecule has 1 heterocycles. The van der Waals surface area contributed by atoms with Crippen LogP contribution in [0, 0.1) is 5.92 Å². The van der Waals surface area contributed by atoms with Gasteiger partial charge in [-0.15, -0.1) is 0 Å². The maximum atomic E-state index is 11.8. The van der Waals surface area contributed by atoms with Crippen molar-refractivity contribution in [2.75, 3.05) is 26.7 Å². The van der Waals surface area contributed by atoms with Crippen molar-refractivity contribution in [1.82, 2.24) is 10.6 Å². The van der Waals surface area contributed by atoms with E-state index in [1.54, 1.807) is 0 Å². The lowest BCUT2D eigenvalue weighted by Gasteiger charge is -2.10.